The second-order valence-corrected chi connectivity index (χ2v) is 3.90. The Morgan fingerprint density at radius 3 is 2.20 bits per heavy atom. The second-order valence-electron chi connectivity index (χ2n) is 0.442. The topological polar surface area (TPSA) is 26.3 Å². The number of hydrogen-bond donors (Lipinski definition) is 0. The minimum atomic E-state index is -2.63. The summed E-state index contributed by atoms with van der Waals surface area (Å²) in [6.07, 6.45) is 0. The van der Waals surface area contributed by atoms with Gasteiger partial charge in [-0.2, -0.15) is 0 Å². The molecule has 1 unspecified atom stereocenters. The molecule has 2 nitrogen and oxygen atoms in total. The van der Waals surface area contributed by atoms with E-state index < -0.39 is 14.0 Å². The van der Waals surface area contributed by atoms with Gasteiger partial charge in [0.1, 0.15) is 0 Å². The van der Waals surface area contributed by atoms with E-state index in [9.17, 15) is 3.74 Å². The Labute approximate surface area is 39.1 Å². The van der Waals surface area contributed by atoms with Gasteiger partial charge in [-0.25, -0.2) is 0 Å². The Balaban J connectivity index is 2.85. The van der Waals surface area contributed by atoms with Gasteiger partial charge in [-0.05, 0) is 0 Å². The first-order chi connectivity index (χ1) is 2.27. The molecule has 0 aromatic rings. The number of halogens is 1. The van der Waals surface area contributed by atoms with Crippen LogP contribution in [0.1, 0.15) is 0 Å². The molecule has 4 heteroatoms. The summed E-state index contributed by atoms with van der Waals surface area (Å²) in [7, 11) is 6.18. The van der Waals surface area contributed by atoms with E-state index in [1.165, 1.54) is 7.11 Å². The summed E-state index contributed by atoms with van der Waals surface area (Å²) in [6.45, 7) is 0. The van der Waals surface area contributed by atoms with Crippen molar-refractivity contribution in [1.82, 2.24) is 0 Å². The molecule has 0 fully saturated rings. The van der Waals surface area contributed by atoms with Crippen molar-refractivity contribution < 1.29 is 7.47 Å². The van der Waals surface area contributed by atoms with Crippen molar-refractivity contribution in [1.29, 1.82) is 0 Å². The molecule has 0 aliphatic carbocycles. The fourth-order valence-electron chi connectivity index (χ4n) is 0. The molecule has 0 bridgehead atoms. The SMILES string of the molecule is CO[AsH](=O)Cl. The van der Waals surface area contributed by atoms with E-state index in [-0.39, 0.29) is 0 Å². The number of rotatable bonds is 1. The van der Waals surface area contributed by atoms with Gasteiger partial charge in [-0.15, -0.1) is 0 Å². The molecule has 0 spiro atoms. The van der Waals surface area contributed by atoms with Crippen LogP contribution < -0.4 is 0 Å². The molecule has 32 valence electrons. The summed E-state index contributed by atoms with van der Waals surface area (Å²) in [4.78, 5) is 0. The van der Waals surface area contributed by atoms with Crippen LogP contribution in [0.4, 0.5) is 0 Å². The van der Waals surface area contributed by atoms with Gasteiger partial charge in [0.25, 0.3) is 0 Å². The van der Waals surface area contributed by atoms with Crippen LogP contribution in [0.25, 0.3) is 0 Å². The van der Waals surface area contributed by atoms with Crippen molar-refractivity contribution in [2.75, 3.05) is 7.11 Å². The molecule has 0 amide bonds. The summed E-state index contributed by atoms with van der Waals surface area (Å²) in [5, 5.41) is 0. The molecular formula is CH4AsClO2. The molecule has 0 aliphatic heterocycles. The van der Waals surface area contributed by atoms with Crippen molar-refractivity contribution >= 4 is 23.9 Å². The van der Waals surface area contributed by atoms with Crippen LogP contribution in [-0.2, 0) is 7.47 Å². The third-order valence-corrected chi connectivity index (χ3v) is 1.64. The van der Waals surface area contributed by atoms with E-state index in [0.29, 0.717) is 0 Å². The van der Waals surface area contributed by atoms with E-state index >= 15 is 0 Å². The van der Waals surface area contributed by atoms with E-state index in [1.54, 1.807) is 0 Å². The normalized spacial score (nSPS) is 14.8. The average Bonchev–Trinajstić information content (AvgIpc) is 1.38. The first kappa shape index (κ1) is 5.61. The summed E-state index contributed by atoms with van der Waals surface area (Å²) in [5.74, 6) is 0. The van der Waals surface area contributed by atoms with Crippen LogP contribution in [0.3, 0.4) is 0 Å². The van der Waals surface area contributed by atoms with Gasteiger partial charge in [0.05, 0.1) is 0 Å². The third kappa shape index (κ3) is 4.61. The van der Waals surface area contributed by atoms with Gasteiger partial charge in [-0.3, -0.25) is 0 Å². The Kier molecular flexibility index (Phi) is 3.17. The molecule has 0 N–H and O–H groups in total. The van der Waals surface area contributed by atoms with Gasteiger partial charge in [0, 0.05) is 0 Å². The molecule has 1 atom stereocenters. The molecule has 0 aromatic carbocycles. The minimum absolute atomic E-state index is 1.33. The Bertz CT molecular complexity index is 44.9. The van der Waals surface area contributed by atoms with Gasteiger partial charge in [0.15, 0.2) is 0 Å². The molecule has 0 rings (SSSR count). The van der Waals surface area contributed by atoms with E-state index in [4.69, 9.17) is 9.95 Å². The second kappa shape index (κ2) is 2.83. The zero-order valence-electron chi connectivity index (χ0n) is 2.69. The molecule has 0 heterocycles. The maximum absolute atomic E-state index is 9.61. The molecule has 0 radical (unpaired) electrons. The van der Waals surface area contributed by atoms with Crippen molar-refractivity contribution in [3.8, 4) is 0 Å². The van der Waals surface area contributed by atoms with Crippen LogP contribution in [0.2, 0.25) is 0 Å². The van der Waals surface area contributed by atoms with Crippen molar-refractivity contribution in [3.05, 3.63) is 0 Å². The summed E-state index contributed by atoms with van der Waals surface area (Å²) >= 11 is -2.63. The third-order valence-electron chi connectivity index (χ3n) is 0.160. The van der Waals surface area contributed by atoms with Crippen molar-refractivity contribution in [2.24, 2.45) is 0 Å². The standard InChI is InChI=1S/CH4AsClO2/c1-5-2(3)4/h2H,1H3. The molecule has 0 saturated carbocycles. The first-order valence-corrected chi connectivity index (χ1v) is 5.48. The van der Waals surface area contributed by atoms with Gasteiger partial charge < -0.3 is 0 Å². The Hall–Kier alpha value is 0.608. The molecular weight excluding hydrogens is 154 g/mol. The van der Waals surface area contributed by atoms with E-state index in [1.807, 2.05) is 0 Å². The van der Waals surface area contributed by atoms with E-state index in [0.717, 1.165) is 0 Å². The van der Waals surface area contributed by atoms with Crippen molar-refractivity contribution in [2.45, 2.75) is 0 Å². The average molecular weight is 158 g/mol. The summed E-state index contributed by atoms with van der Waals surface area (Å²) in [5.41, 5.74) is 0. The van der Waals surface area contributed by atoms with Crippen LogP contribution in [0.5, 0.6) is 0 Å². The summed E-state index contributed by atoms with van der Waals surface area (Å²) in [6, 6.07) is 0. The van der Waals surface area contributed by atoms with Crippen molar-refractivity contribution in [3.63, 3.8) is 0 Å². The quantitative estimate of drug-likeness (QED) is 0.503. The van der Waals surface area contributed by atoms with Crippen LogP contribution in [0.15, 0.2) is 0 Å². The molecule has 0 aliphatic rings. The summed E-state index contributed by atoms with van der Waals surface area (Å²) < 4.78 is 13.7. The fraction of sp³-hybridized carbons (Fsp3) is 1.00. The predicted molar refractivity (Wildman–Crippen MR) is 20.7 cm³/mol. The Morgan fingerprint density at radius 1 is 2.00 bits per heavy atom. The zero-order chi connectivity index (χ0) is 4.28. The van der Waals surface area contributed by atoms with Gasteiger partial charge in [-0.1, -0.05) is 0 Å². The predicted octanol–water partition coefficient (Wildman–Crippen LogP) is 0.0193. The van der Waals surface area contributed by atoms with Gasteiger partial charge >= 0.3 is 38.5 Å². The van der Waals surface area contributed by atoms with Gasteiger partial charge in [0.2, 0.25) is 0 Å². The monoisotopic (exact) mass is 158 g/mol. The van der Waals surface area contributed by atoms with Crippen LogP contribution in [-0.4, -0.2) is 21.1 Å². The fourth-order valence-corrected chi connectivity index (χ4v) is 0. The Morgan fingerprint density at radius 2 is 2.20 bits per heavy atom. The van der Waals surface area contributed by atoms with Crippen LogP contribution >= 0.6 is 9.95 Å². The molecule has 0 aromatic heterocycles. The maximum atomic E-state index is 9.61. The molecule has 5 heavy (non-hydrogen) atoms. The van der Waals surface area contributed by atoms with Crippen LogP contribution in [0, 0.1) is 0 Å². The first-order valence-electron chi connectivity index (χ1n) is 1.01. The number of hydrogen-bond acceptors (Lipinski definition) is 2. The van der Waals surface area contributed by atoms with E-state index in [2.05, 4.69) is 3.73 Å². The molecule has 0 saturated heterocycles. The zero-order valence-corrected chi connectivity index (χ0v) is 5.55.